The molecule has 10 nitrogen and oxygen atoms in total. The summed E-state index contributed by atoms with van der Waals surface area (Å²) in [4.78, 5) is 66.7. The minimum absolute atomic E-state index is 0.0842. The summed E-state index contributed by atoms with van der Waals surface area (Å²) in [5.74, 6) is -2.24. The highest BCUT2D eigenvalue weighted by atomic mass is 16.6. The van der Waals surface area contributed by atoms with Crippen molar-refractivity contribution in [2.45, 2.75) is 91.5 Å². The van der Waals surface area contributed by atoms with Gasteiger partial charge in [0.05, 0.1) is 0 Å². The minimum atomic E-state index is -1.24. The SMILES string of the molecule is C=CCNC(=O)C(=O)C1(NC(=O)[C@@H]2[C@@H]3C(CN2C(=O)[C@@H](NC(=O)OC(C)(C)C)C(C)(C)C)C3(C)C)CC1. The summed E-state index contributed by atoms with van der Waals surface area (Å²) in [5.41, 5.74) is -2.78. The fourth-order valence-corrected chi connectivity index (χ4v) is 5.36. The first kappa shape index (κ1) is 28.7. The number of hydrogen-bond donors (Lipinski definition) is 3. The lowest BCUT2D eigenvalue weighted by Gasteiger charge is -2.38. The number of carbonyl (C=O) groups is 5. The average molecular weight is 519 g/mol. The summed E-state index contributed by atoms with van der Waals surface area (Å²) in [5, 5.41) is 8.00. The van der Waals surface area contributed by atoms with Crippen molar-refractivity contribution in [2.24, 2.45) is 22.7 Å². The van der Waals surface area contributed by atoms with Crippen molar-refractivity contribution in [1.29, 1.82) is 0 Å². The largest absolute Gasteiger partial charge is 0.444 e. The summed E-state index contributed by atoms with van der Waals surface area (Å²) in [6, 6.07) is -1.74. The highest BCUT2D eigenvalue weighted by Crippen LogP contribution is 2.65. The van der Waals surface area contributed by atoms with Gasteiger partial charge in [-0.05, 0) is 56.3 Å². The van der Waals surface area contributed by atoms with Gasteiger partial charge in [-0.3, -0.25) is 19.2 Å². The van der Waals surface area contributed by atoms with Crippen LogP contribution in [0, 0.1) is 22.7 Å². The van der Waals surface area contributed by atoms with Crippen LogP contribution in [0.1, 0.15) is 68.2 Å². The summed E-state index contributed by atoms with van der Waals surface area (Å²) in [7, 11) is 0. The molecular formula is C27H42N4O6. The van der Waals surface area contributed by atoms with Gasteiger partial charge in [0.1, 0.15) is 23.2 Å². The van der Waals surface area contributed by atoms with Crippen LogP contribution in [0.15, 0.2) is 12.7 Å². The first-order valence-corrected chi connectivity index (χ1v) is 12.9. The lowest BCUT2D eigenvalue weighted by Crippen LogP contribution is -2.61. The van der Waals surface area contributed by atoms with Crippen LogP contribution < -0.4 is 16.0 Å². The monoisotopic (exact) mass is 518 g/mol. The third-order valence-electron chi connectivity index (χ3n) is 7.69. The Labute approximate surface area is 219 Å². The Morgan fingerprint density at radius 2 is 1.68 bits per heavy atom. The van der Waals surface area contributed by atoms with E-state index < -0.39 is 52.3 Å². The van der Waals surface area contributed by atoms with Gasteiger partial charge in [0, 0.05) is 13.1 Å². The molecule has 4 amide bonds. The molecule has 0 aromatic rings. The zero-order valence-corrected chi connectivity index (χ0v) is 23.3. The van der Waals surface area contributed by atoms with Crippen LogP contribution in [0.3, 0.4) is 0 Å². The molecule has 0 aromatic carbocycles. The number of alkyl carbamates (subject to hydrolysis) is 1. The van der Waals surface area contributed by atoms with E-state index >= 15 is 0 Å². The molecule has 1 aliphatic heterocycles. The minimum Gasteiger partial charge on any atom is -0.444 e. The third kappa shape index (κ3) is 5.83. The molecule has 0 bridgehead atoms. The van der Waals surface area contributed by atoms with Crippen molar-refractivity contribution in [1.82, 2.24) is 20.9 Å². The topological polar surface area (TPSA) is 134 Å². The molecule has 0 aromatic heterocycles. The lowest BCUT2D eigenvalue weighted by atomic mass is 9.85. The molecular weight excluding hydrogens is 476 g/mol. The number of fused-ring (bicyclic) bond motifs is 1. The molecule has 1 unspecified atom stereocenters. The van der Waals surface area contributed by atoms with E-state index in [1.165, 1.54) is 11.0 Å². The van der Waals surface area contributed by atoms with Crippen molar-refractivity contribution in [3.05, 3.63) is 12.7 Å². The van der Waals surface area contributed by atoms with Gasteiger partial charge in [-0.1, -0.05) is 40.7 Å². The predicted molar refractivity (Wildman–Crippen MR) is 137 cm³/mol. The molecule has 4 atom stereocenters. The smallest absolute Gasteiger partial charge is 0.408 e. The molecule has 37 heavy (non-hydrogen) atoms. The van der Waals surface area contributed by atoms with E-state index in [2.05, 4.69) is 36.4 Å². The van der Waals surface area contributed by atoms with Crippen LogP contribution in [0.5, 0.6) is 0 Å². The Morgan fingerprint density at radius 1 is 1.08 bits per heavy atom. The number of piperidine rings is 1. The van der Waals surface area contributed by atoms with E-state index in [4.69, 9.17) is 4.74 Å². The second kappa shape index (κ2) is 9.44. The van der Waals surface area contributed by atoms with E-state index in [9.17, 15) is 24.0 Å². The number of ether oxygens (including phenoxy) is 1. The number of Topliss-reactive ketones (excluding diaryl/α,β-unsaturated/α-hetero) is 1. The standard InChI is InChI=1S/C27H42N4O6/c1-10-13-28-21(34)19(32)27(11-12-27)30-20(33)17-16-15(26(16,8)9)14-31(17)22(35)18(24(2,3)4)29-23(36)37-25(5,6)7/h10,15-18H,1,11-14H2,2-9H3,(H,28,34)(H,29,36)(H,30,33)/t15?,16-,17-,18+/m0/s1. The summed E-state index contributed by atoms with van der Waals surface area (Å²) in [6.45, 7) is 18.9. The Balaban J connectivity index is 1.81. The molecule has 10 heteroatoms. The molecule has 0 spiro atoms. The van der Waals surface area contributed by atoms with Gasteiger partial charge < -0.3 is 25.6 Å². The summed E-state index contributed by atoms with van der Waals surface area (Å²) < 4.78 is 5.38. The van der Waals surface area contributed by atoms with Crippen LogP contribution in [0.4, 0.5) is 4.79 Å². The van der Waals surface area contributed by atoms with Crippen LogP contribution in [0.25, 0.3) is 0 Å². The fourth-order valence-electron chi connectivity index (χ4n) is 5.36. The van der Waals surface area contributed by atoms with Gasteiger partial charge in [0.25, 0.3) is 5.91 Å². The summed E-state index contributed by atoms with van der Waals surface area (Å²) in [6.07, 6.45) is 1.49. The second-order valence-electron chi connectivity index (χ2n) is 13.2. The average Bonchev–Trinajstić information content (AvgIpc) is 3.56. The van der Waals surface area contributed by atoms with Crippen molar-refractivity contribution in [2.75, 3.05) is 13.1 Å². The predicted octanol–water partition coefficient (Wildman–Crippen LogP) is 1.93. The van der Waals surface area contributed by atoms with Crippen molar-refractivity contribution in [3.8, 4) is 0 Å². The lowest BCUT2D eigenvalue weighted by molar-refractivity contribution is -0.145. The molecule has 0 radical (unpaired) electrons. The van der Waals surface area contributed by atoms with Crippen LogP contribution in [-0.2, 0) is 23.9 Å². The molecule has 3 fully saturated rings. The van der Waals surface area contributed by atoms with E-state index in [1.54, 1.807) is 20.8 Å². The zero-order chi connectivity index (χ0) is 28.1. The number of nitrogens with zero attached hydrogens (tertiary/aromatic N) is 1. The maximum atomic E-state index is 13.9. The molecule has 2 aliphatic carbocycles. The highest BCUT2D eigenvalue weighted by Gasteiger charge is 2.70. The number of hydrogen-bond acceptors (Lipinski definition) is 6. The quantitative estimate of drug-likeness (QED) is 0.332. The van der Waals surface area contributed by atoms with E-state index in [0.717, 1.165) is 0 Å². The van der Waals surface area contributed by atoms with Crippen molar-refractivity contribution < 1.29 is 28.7 Å². The Kier molecular flexibility index (Phi) is 7.31. The molecule has 2 saturated carbocycles. The molecule has 1 heterocycles. The highest BCUT2D eigenvalue weighted by molar-refractivity contribution is 6.40. The van der Waals surface area contributed by atoms with Crippen molar-refractivity contribution in [3.63, 3.8) is 0 Å². The first-order valence-electron chi connectivity index (χ1n) is 12.9. The Morgan fingerprint density at radius 3 is 2.16 bits per heavy atom. The second-order valence-corrected chi connectivity index (χ2v) is 13.2. The van der Waals surface area contributed by atoms with E-state index in [1.807, 2.05) is 20.8 Å². The van der Waals surface area contributed by atoms with Gasteiger partial charge in [0.15, 0.2) is 0 Å². The first-order chi connectivity index (χ1) is 16.9. The molecule has 3 aliphatic rings. The van der Waals surface area contributed by atoms with Crippen LogP contribution in [0.2, 0.25) is 0 Å². The molecule has 3 N–H and O–H groups in total. The van der Waals surface area contributed by atoms with Crippen molar-refractivity contribution >= 4 is 29.6 Å². The molecule has 1 saturated heterocycles. The summed E-state index contributed by atoms with van der Waals surface area (Å²) >= 11 is 0. The van der Waals surface area contributed by atoms with Gasteiger partial charge in [0.2, 0.25) is 17.6 Å². The maximum Gasteiger partial charge on any atom is 0.408 e. The van der Waals surface area contributed by atoms with Gasteiger partial charge >= 0.3 is 6.09 Å². The fraction of sp³-hybridized carbons (Fsp3) is 0.741. The van der Waals surface area contributed by atoms with E-state index in [0.29, 0.717) is 19.4 Å². The van der Waals surface area contributed by atoms with Crippen LogP contribution >= 0.6 is 0 Å². The van der Waals surface area contributed by atoms with Gasteiger partial charge in [-0.15, -0.1) is 6.58 Å². The zero-order valence-electron chi connectivity index (χ0n) is 23.3. The van der Waals surface area contributed by atoms with Crippen LogP contribution in [-0.4, -0.2) is 70.8 Å². The molecule has 3 rings (SSSR count). The number of nitrogens with one attached hydrogen (secondary N) is 3. The normalized spacial score (nSPS) is 25.7. The Bertz CT molecular complexity index is 1000. The number of ketones is 1. The van der Waals surface area contributed by atoms with Gasteiger partial charge in [-0.2, -0.15) is 0 Å². The maximum absolute atomic E-state index is 13.9. The molecule has 206 valence electrons. The number of carbonyl (C=O) groups excluding carboxylic acids is 5. The third-order valence-corrected chi connectivity index (χ3v) is 7.69. The number of rotatable bonds is 8. The number of likely N-dealkylation sites (tertiary alicyclic amines) is 1. The van der Waals surface area contributed by atoms with E-state index in [-0.39, 0.29) is 29.7 Å². The number of amides is 4. The Hall–Kier alpha value is -2.91. The van der Waals surface area contributed by atoms with Gasteiger partial charge in [-0.25, -0.2) is 4.79 Å².